The Balaban J connectivity index is 1.85. The lowest BCUT2D eigenvalue weighted by molar-refractivity contribution is 0.118. The molecule has 1 saturated heterocycles. The Bertz CT molecular complexity index is 425. The standard InChI is InChI=1S/C11H13N3O2/c15-11(16)13-4-5-14-9(7-13)6-8-2-1-3-12-10(8)14/h1-3,6,10,12H,4-5,7H2,(H,15,16). The van der Waals surface area contributed by atoms with Crippen molar-refractivity contribution in [3.8, 4) is 0 Å². The lowest BCUT2D eigenvalue weighted by atomic mass is 10.2. The minimum Gasteiger partial charge on any atom is -0.465 e. The lowest BCUT2D eigenvalue weighted by Crippen LogP contribution is -2.51. The second-order valence-corrected chi connectivity index (χ2v) is 4.13. The highest BCUT2D eigenvalue weighted by Crippen LogP contribution is 2.29. The molecule has 3 rings (SSSR count). The smallest absolute Gasteiger partial charge is 0.407 e. The SMILES string of the molecule is O=C(O)N1CCN2C(=CC3=CC=CNC32)C1. The van der Waals surface area contributed by atoms with Gasteiger partial charge in [0, 0.05) is 18.8 Å². The van der Waals surface area contributed by atoms with Gasteiger partial charge in [-0.15, -0.1) is 0 Å². The van der Waals surface area contributed by atoms with Gasteiger partial charge < -0.3 is 20.2 Å². The van der Waals surface area contributed by atoms with Gasteiger partial charge in [0.2, 0.25) is 0 Å². The summed E-state index contributed by atoms with van der Waals surface area (Å²) in [4.78, 5) is 14.6. The lowest BCUT2D eigenvalue weighted by Gasteiger charge is -2.38. The highest BCUT2D eigenvalue weighted by atomic mass is 16.4. The molecule has 0 bridgehead atoms. The average molecular weight is 219 g/mol. The summed E-state index contributed by atoms with van der Waals surface area (Å²) in [6.07, 6.45) is 7.41. The van der Waals surface area contributed by atoms with Crippen molar-refractivity contribution in [3.05, 3.63) is 35.7 Å². The van der Waals surface area contributed by atoms with Crippen LogP contribution in [-0.2, 0) is 0 Å². The van der Waals surface area contributed by atoms with E-state index in [2.05, 4.69) is 22.4 Å². The number of amides is 1. The van der Waals surface area contributed by atoms with Crippen molar-refractivity contribution in [1.82, 2.24) is 15.1 Å². The van der Waals surface area contributed by atoms with E-state index in [0.717, 1.165) is 12.2 Å². The molecule has 0 radical (unpaired) electrons. The largest absolute Gasteiger partial charge is 0.465 e. The molecule has 0 aromatic rings. The number of allylic oxidation sites excluding steroid dienone is 2. The van der Waals surface area contributed by atoms with E-state index in [9.17, 15) is 4.79 Å². The van der Waals surface area contributed by atoms with Crippen molar-refractivity contribution in [2.24, 2.45) is 0 Å². The molecule has 1 amide bonds. The first-order valence-electron chi connectivity index (χ1n) is 5.33. The van der Waals surface area contributed by atoms with Gasteiger partial charge in [-0.2, -0.15) is 0 Å². The Labute approximate surface area is 93.3 Å². The molecule has 2 N–H and O–H groups in total. The van der Waals surface area contributed by atoms with Crippen molar-refractivity contribution in [3.63, 3.8) is 0 Å². The predicted octanol–water partition coefficient (Wildman–Crippen LogP) is 0.549. The first kappa shape index (κ1) is 9.33. The second kappa shape index (κ2) is 3.30. The first-order chi connectivity index (χ1) is 7.75. The summed E-state index contributed by atoms with van der Waals surface area (Å²) in [6, 6.07) is 0. The topological polar surface area (TPSA) is 55.8 Å². The van der Waals surface area contributed by atoms with Crippen LogP contribution in [0.5, 0.6) is 0 Å². The Hall–Kier alpha value is -1.91. The van der Waals surface area contributed by atoms with Crippen LogP contribution >= 0.6 is 0 Å². The quantitative estimate of drug-likeness (QED) is 0.624. The summed E-state index contributed by atoms with van der Waals surface area (Å²) in [5, 5.41) is 12.2. The molecule has 3 aliphatic heterocycles. The van der Waals surface area contributed by atoms with Crippen LogP contribution in [0.1, 0.15) is 0 Å². The predicted molar refractivity (Wildman–Crippen MR) is 58.5 cm³/mol. The molecule has 0 aromatic carbocycles. The molecule has 0 aliphatic carbocycles. The van der Waals surface area contributed by atoms with Gasteiger partial charge in [0.15, 0.2) is 0 Å². The van der Waals surface area contributed by atoms with Gasteiger partial charge in [0.1, 0.15) is 6.17 Å². The van der Waals surface area contributed by atoms with Crippen LogP contribution < -0.4 is 5.32 Å². The molecule has 0 saturated carbocycles. The van der Waals surface area contributed by atoms with Crippen molar-refractivity contribution in [2.45, 2.75) is 6.17 Å². The fourth-order valence-electron chi connectivity index (χ4n) is 2.41. The summed E-state index contributed by atoms with van der Waals surface area (Å²) >= 11 is 0. The van der Waals surface area contributed by atoms with Crippen molar-refractivity contribution >= 4 is 6.09 Å². The van der Waals surface area contributed by atoms with E-state index in [-0.39, 0.29) is 6.17 Å². The van der Waals surface area contributed by atoms with E-state index in [1.54, 1.807) is 0 Å². The fraction of sp³-hybridized carbons (Fsp3) is 0.364. The Morgan fingerprint density at radius 2 is 2.38 bits per heavy atom. The Morgan fingerprint density at radius 3 is 3.19 bits per heavy atom. The van der Waals surface area contributed by atoms with Gasteiger partial charge in [-0.3, -0.25) is 0 Å². The number of nitrogens with one attached hydrogen (secondary N) is 1. The third kappa shape index (κ3) is 1.28. The van der Waals surface area contributed by atoms with Gasteiger partial charge in [0.05, 0.1) is 6.54 Å². The molecular weight excluding hydrogens is 206 g/mol. The van der Waals surface area contributed by atoms with Gasteiger partial charge in [-0.05, 0) is 23.9 Å². The van der Waals surface area contributed by atoms with Gasteiger partial charge in [-0.25, -0.2) is 4.79 Å². The van der Waals surface area contributed by atoms with Crippen molar-refractivity contribution in [2.75, 3.05) is 19.6 Å². The number of carbonyl (C=O) groups is 1. The van der Waals surface area contributed by atoms with Crippen LogP contribution in [0.4, 0.5) is 4.79 Å². The van der Waals surface area contributed by atoms with Crippen LogP contribution in [0.2, 0.25) is 0 Å². The summed E-state index contributed by atoms with van der Waals surface area (Å²) in [5.41, 5.74) is 2.30. The van der Waals surface area contributed by atoms with E-state index in [0.29, 0.717) is 13.1 Å². The number of nitrogens with zero attached hydrogens (tertiary/aromatic N) is 2. The molecule has 5 nitrogen and oxygen atoms in total. The van der Waals surface area contributed by atoms with Gasteiger partial charge in [-0.1, -0.05) is 6.08 Å². The molecule has 0 aromatic heterocycles. The Morgan fingerprint density at radius 1 is 1.50 bits per heavy atom. The highest BCUT2D eigenvalue weighted by Gasteiger charge is 2.34. The monoisotopic (exact) mass is 219 g/mol. The molecule has 1 unspecified atom stereocenters. The maximum absolute atomic E-state index is 10.9. The molecule has 84 valence electrons. The number of hydrogen-bond acceptors (Lipinski definition) is 3. The average Bonchev–Trinajstić information content (AvgIpc) is 2.66. The van der Waals surface area contributed by atoms with E-state index in [4.69, 9.17) is 5.11 Å². The fourth-order valence-corrected chi connectivity index (χ4v) is 2.41. The van der Waals surface area contributed by atoms with Crippen molar-refractivity contribution in [1.29, 1.82) is 0 Å². The maximum Gasteiger partial charge on any atom is 0.407 e. The number of piperazine rings is 1. The zero-order chi connectivity index (χ0) is 11.1. The molecule has 16 heavy (non-hydrogen) atoms. The maximum atomic E-state index is 10.9. The molecule has 1 atom stereocenters. The summed E-state index contributed by atoms with van der Waals surface area (Å²) in [6.45, 7) is 1.81. The first-order valence-corrected chi connectivity index (χ1v) is 5.33. The van der Waals surface area contributed by atoms with Crippen LogP contribution in [-0.4, -0.2) is 46.8 Å². The van der Waals surface area contributed by atoms with Gasteiger partial charge >= 0.3 is 6.09 Å². The molecule has 1 fully saturated rings. The third-order valence-electron chi connectivity index (χ3n) is 3.20. The molecule has 5 heteroatoms. The van der Waals surface area contributed by atoms with Crippen LogP contribution in [0.3, 0.4) is 0 Å². The molecule has 0 spiro atoms. The van der Waals surface area contributed by atoms with Crippen molar-refractivity contribution < 1.29 is 9.90 Å². The minimum atomic E-state index is -0.838. The second-order valence-electron chi connectivity index (χ2n) is 4.13. The number of hydrogen-bond donors (Lipinski definition) is 2. The summed E-state index contributed by atoms with van der Waals surface area (Å²) in [5.74, 6) is 0. The molecular formula is C11H13N3O2. The number of carboxylic acid groups (broad SMARTS) is 1. The zero-order valence-electron chi connectivity index (χ0n) is 8.76. The van der Waals surface area contributed by atoms with Crippen LogP contribution in [0.25, 0.3) is 0 Å². The number of dihydropyridines is 1. The normalized spacial score (nSPS) is 26.6. The van der Waals surface area contributed by atoms with Gasteiger partial charge in [0.25, 0.3) is 0 Å². The van der Waals surface area contributed by atoms with E-state index < -0.39 is 6.09 Å². The van der Waals surface area contributed by atoms with E-state index >= 15 is 0 Å². The minimum absolute atomic E-state index is 0.205. The summed E-state index contributed by atoms with van der Waals surface area (Å²) < 4.78 is 0. The van der Waals surface area contributed by atoms with E-state index in [1.165, 1.54) is 10.5 Å². The molecule has 3 aliphatic rings. The summed E-state index contributed by atoms with van der Waals surface area (Å²) in [7, 11) is 0. The number of fused-ring (bicyclic) bond motifs is 3. The highest BCUT2D eigenvalue weighted by molar-refractivity contribution is 5.66. The van der Waals surface area contributed by atoms with Crippen LogP contribution in [0, 0.1) is 0 Å². The van der Waals surface area contributed by atoms with Crippen LogP contribution in [0.15, 0.2) is 35.7 Å². The number of rotatable bonds is 0. The Kier molecular flexibility index (Phi) is 1.92. The molecule has 3 heterocycles. The zero-order valence-corrected chi connectivity index (χ0v) is 8.76. The third-order valence-corrected chi connectivity index (χ3v) is 3.20. The van der Waals surface area contributed by atoms with E-state index in [1.807, 2.05) is 12.3 Å².